The largest absolute Gasteiger partial charge is 0.340 e. The summed E-state index contributed by atoms with van der Waals surface area (Å²) in [5, 5.41) is 5.61. The maximum atomic E-state index is 12.5. The van der Waals surface area contributed by atoms with Crippen molar-refractivity contribution in [3.63, 3.8) is 0 Å². The van der Waals surface area contributed by atoms with Gasteiger partial charge in [-0.1, -0.05) is 12.1 Å². The zero-order valence-corrected chi connectivity index (χ0v) is 20.5. The van der Waals surface area contributed by atoms with Gasteiger partial charge in [-0.2, -0.15) is 0 Å². The van der Waals surface area contributed by atoms with E-state index in [-0.39, 0.29) is 17.2 Å². The van der Waals surface area contributed by atoms with E-state index in [2.05, 4.69) is 25.6 Å². The van der Waals surface area contributed by atoms with E-state index in [9.17, 15) is 13.2 Å². The van der Waals surface area contributed by atoms with Crippen LogP contribution >= 0.6 is 0 Å². The molecule has 0 bridgehead atoms. The summed E-state index contributed by atoms with van der Waals surface area (Å²) in [5.41, 5.74) is 2.19. The lowest BCUT2D eigenvalue weighted by Crippen LogP contribution is -2.15. The summed E-state index contributed by atoms with van der Waals surface area (Å²) < 4.78 is 26.3. The zero-order valence-electron chi connectivity index (χ0n) is 19.6. The topological polar surface area (TPSA) is 119 Å². The van der Waals surface area contributed by atoms with Gasteiger partial charge in [-0.3, -0.25) is 9.36 Å². The van der Waals surface area contributed by atoms with Gasteiger partial charge < -0.3 is 10.6 Å². The van der Waals surface area contributed by atoms with Gasteiger partial charge in [-0.25, -0.2) is 23.4 Å². The van der Waals surface area contributed by atoms with Crippen LogP contribution in [-0.2, 0) is 21.1 Å². The van der Waals surface area contributed by atoms with E-state index in [0.29, 0.717) is 23.1 Å². The highest BCUT2D eigenvalue weighted by molar-refractivity contribution is 7.92. The molecule has 0 spiro atoms. The molecule has 0 saturated heterocycles. The lowest BCUT2D eigenvalue weighted by Gasteiger charge is -2.11. The van der Waals surface area contributed by atoms with Crippen LogP contribution in [0.3, 0.4) is 0 Å². The minimum absolute atomic E-state index is 0.138. The normalized spacial score (nSPS) is 11.4. The van der Waals surface area contributed by atoms with Crippen molar-refractivity contribution >= 4 is 32.9 Å². The number of carbonyl (C=O) groups excluding carboxylic acids is 1. The number of nitrogens with one attached hydrogen (secondary N) is 2. The molecule has 180 valence electrons. The van der Waals surface area contributed by atoms with Gasteiger partial charge in [0.2, 0.25) is 5.91 Å². The summed E-state index contributed by atoms with van der Waals surface area (Å²) in [6.07, 6.45) is 5.30. The second-order valence-corrected chi connectivity index (χ2v) is 10.8. The van der Waals surface area contributed by atoms with Crippen molar-refractivity contribution in [3.8, 4) is 5.82 Å². The van der Waals surface area contributed by atoms with E-state index in [1.165, 1.54) is 0 Å². The van der Waals surface area contributed by atoms with Crippen molar-refractivity contribution in [3.05, 3.63) is 84.7 Å². The van der Waals surface area contributed by atoms with E-state index in [4.69, 9.17) is 0 Å². The molecule has 35 heavy (non-hydrogen) atoms. The molecule has 0 aliphatic carbocycles. The number of hydrogen-bond donors (Lipinski definition) is 2. The third kappa shape index (κ3) is 5.90. The fourth-order valence-corrected chi connectivity index (χ4v) is 4.45. The van der Waals surface area contributed by atoms with Crippen LogP contribution in [0.2, 0.25) is 0 Å². The number of anilines is 3. The van der Waals surface area contributed by atoms with Gasteiger partial charge in [-0.15, -0.1) is 0 Å². The maximum absolute atomic E-state index is 12.5. The standard InChI is InChI=1S/C25H26N6O3S/c1-17(2)35(33,34)22-10-4-19(5-11-22)14-25(32)30-21-8-6-20(7-9-21)29-23-15-24(28-18(3)27-23)31-13-12-26-16-31/h4-13,15-17H,14H2,1-3H3,(H,30,32)(H,27,28,29). The minimum Gasteiger partial charge on any atom is -0.340 e. The van der Waals surface area contributed by atoms with Crippen molar-refractivity contribution in [2.75, 3.05) is 10.6 Å². The number of amides is 1. The van der Waals surface area contributed by atoms with Crippen molar-refractivity contribution in [2.45, 2.75) is 37.3 Å². The van der Waals surface area contributed by atoms with Crippen LogP contribution in [-0.4, -0.2) is 39.1 Å². The van der Waals surface area contributed by atoms with Gasteiger partial charge in [0.15, 0.2) is 9.84 Å². The quantitative estimate of drug-likeness (QED) is 0.382. The van der Waals surface area contributed by atoms with Gasteiger partial charge in [0.1, 0.15) is 23.8 Å². The molecular formula is C25H26N6O3S. The predicted molar refractivity (Wildman–Crippen MR) is 135 cm³/mol. The van der Waals surface area contributed by atoms with Gasteiger partial charge >= 0.3 is 0 Å². The van der Waals surface area contributed by atoms with E-state index in [1.807, 2.05) is 31.3 Å². The monoisotopic (exact) mass is 490 g/mol. The van der Waals surface area contributed by atoms with Crippen molar-refractivity contribution in [1.82, 2.24) is 19.5 Å². The third-order valence-corrected chi connectivity index (χ3v) is 7.44. The summed E-state index contributed by atoms with van der Waals surface area (Å²) in [4.78, 5) is 25.6. The lowest BCUT2D eigenvalue weighted by molar-refractivity contribution is -0.115. The molecule has 4 rings (SSSR count). The number of nitrogens with zero attached hydrogens (tertiary/aromatic N) is 4. The van der Waals surface area contributed by atoms with Crippen LogP contribution in [0.25, 0.3) is 5.82 Å². The molecule has 0 saturated carbocycles. The SMILES string of the molecule is Cc1nc(Nc2ccc(NC(=O)Cc3ccc(S(=O)(=O)C(C)C)cc3)cc2)cc(-n2ccnc2)n1. The van der Waals surface area contributed by atoms with Crippen LogP contribution in [0.15, 0.2) is 78.2 Å². The molecule has 2 aromatic heterocycles. The second kappa shape index (κ2) is 10.1. The molecule has 0 fully saturated rings. The number of benzene rings is 2. The Morgan fingerprint density at radius 2 is 1.69 bits per heavy atom. The van der Waals surface area contributed by atoms with Crippen LogP contribution in [0, 0.1) is 6.92 Å². The highest BCUT2D eigenvalue weighted by atomic mass is 32.2. The summed E-state index contributed by atoms with van der Waals surface area (Å²) in [7, 11) is -3.33. The minimum atomic E-state index is -3.33. The maximum Gasteiger partial charge on any atom is 0.228 e. The highest BCUT2D eigenvalue weighted by Crippen LogP contribution is 2.20. The van der Waals surface area contributed by atoms with Crippen LogP contribution in [0.4, 0.5) is 17.2 Å². The van der Waals surface area contributed by atoms with Crippen LogP contribution < -0.4 is 10.6 Å². The average Bonchev–Trinajstić information content (AvgIpc) is 3.35. The number of imidazole rings is 1. The van der Waals surface area contributed by atoms with Crippen LogP contribution in [0.1, 0.15) is 25.2 Å². The molecule has 2 aromatic carbocycles. The molecule has 0 aliphatic rings. The molecule has 4 aromatic rings. The first-order valence-corrected chi connectivity index (χ1v) is 12.6. The molecule has 2 heterocycles. The molecule has 0 atom stereocenters. The first kappa shape index (κ1) is 24.1. The highest BCUT2D eigenvalue weighted by Gasteiger charge is 2.18. The Labute approximate surface area is 204 Å². The Morgan fingerprint density at radius 1 is 1.00 bits per heavy atom. The van der Waals surface area contributed by atoms with Gasteiger partial charge in [0.05, 0.1) is 16.6 Å². The van der Waals surface area contributed by atoms with E-state index >= 15 is 0 Å². The second-order valence-electron chi connectivity index (χ2n) is 8.29. The number of sulfone groups is 1. The Morgan fingerprint density at radius 3 is 2.31 bits per heavy atom. The summed E-state index contributed by atoms with van der Waals surface area (Å²) in [5.74, 6) is 1.77. The molecule has 1 amide bonds. The van der Waals surface area contributed by atoms with Crippen molar-refractivity contribution in [2.24, 2.45) is 0 Å². The molecule has 0 unspecified atom stereocenters. The number of hydrogen-bond acceptors (Lipinski definition) is 7. The molecule has 10 heteroatoms. The summed E-state index contributed by atoms with van der Waals surface area (Å²) in [6.45, 7) is 5.11. The third-order valence-electron chi connectivity index (χ3n) is 5.27. The molecule has 0 radical (unpaired) electrons. The van der Waals surface area contributed by atoms with Crippen molar-refractivity contribution < 1.29 is 13.2 Å². The Balaban J connectivity index is 1.37. The Hall–Kier alpha value is -4.05. The number of rotatable bonds is 8. The number of aryl methyl sites for hydroxylation is 1. The summed E-state index contributed by atoms with van der Waals surface area (Å²) in [6, 6.07) is 15.5. The number of carbonyl (C=O) groups is 1. The van der Waals surface area contributed by atoms with Crippen LogP contribution in [0.5, 0.6) is 0 Å². The fraction of sp³-hybridized carbons (Fsp3) is 0.200. The predicted octanol–water partition coefficient (Wildman–Crippen LogP) is 4.08. The van der Waals surface area contributed by atoms with E-state index in [1.54, 1.807) is 67.3 Å². The van der Waals surface area contributed by atoms with Gasteiger partial charge in [0, 0.05) is 29.8 Å². The fourth-order valence-electron chi connectivity index (χ4n) is 3.39. The number of aromatic nitrogens is 4. The van der Waals surface area contributed by atoms with E-state index in [0.717, 1.165) is 11.3 Å². The smallest absolute Gasteiger partial charge is 0.228 e. The molecular weight excluding hydrogens is 464 g/mol. The first-order chi connectivity index (χ1) is 16.7. The van der Waals surface area contributed by atoms with Crippen molar-refractivity contribution in [1.29, 1.82) is 0 Å². The molecule has 2 N–H and O–H groups in total. The Bertz CT molecular complexity index is 1420. The zero-order chi connectivity index (χ0) is 25.0. The molecule has 0 aliphatic heterocycles. The summed E-state index contributed by atoms with van der Waals surface area (Å²) >= 11 is 0. The first-order valence-electron chi connectivity index (χ1n) is 11.0. The molecule has 9 nitrogen and oxygen atoms in total. The van der Waals surface area contributed by atoms with E-state index < -0.39 is 15.1 Å². The van der Waals surface area contributed by atoms with Gasteiger partial charge in [0.25, 0.3) is 0 Å². The lowest BCUT2D eigenvalue weighted by atomic mass is 10.1. The van der Waals surface area contributed by atoms with Gasteiger partial charge in [-0.05, 0) is 62.7 Å². The average molecular weight is 491 g/mol. The Kier molecular flexibility index (Phi) is 6.92.